The first kappa shape index (κ1) is 15.7. The number of nitrogens with one attached hydrogen (secondary N) is 1. The molecule has 0 spiro atoms. The van der Waals surface area contributed by atoms with Gasteiger partial charge in [0.25, 0.3) is 0 Å². The lowest BCUT2D eigenvalue weighted by atomic mass is 10.2. The molecule has 0 heterocycles. The summed E-state index contributed by atoms with van der Waals surface area (Å²) in [4.78, 5) is 0. The lowest BCUT2D eigenvalue weighted by Crippen LogP contribution is -2.31. The average Bonchev–Trinajstić information content (AvgIpc) is 2.34. The second-order valence-corrected chi connectivity index (χ2v) is 3.91. The van der Waals surface area contributed by atoms with Gasteiger partial charge in [0.1, 0.15) is 24.3 Å². The molecule has 19 heavy (non-hydrogen) atoms. The minimum absolute atomic E-state index is 0.135. The van der Waals surface area contributed by atoms with Crippen molar-refractivity contribution in [1.82, 2.24) is 5.32 Å². The minimum atomic E-state index is -4.77. The number of hydrogen-bond acceptors (Lipinski definition) is 3. The molecule has 0 amide bonds. The zero-order valence-corrected chi connectivity index (χ0v) is 10.3. The molecule has 0 saturated carbocycles. The van der Waals surface area contributed by atoms with Crippen LogP contribution < -0.4 is 10.1 Å². The van der Waals surface area contributed by atoms with Crippen molar-refractivity contribution in [1.29, 1.82) is 0 Å². The normalized spacial score (nSPS) is 13.4. The second kappa shape index (κ2) is 6.72. The Morgan fingerprint density at radius 1 is 1.37 bits per heavy atom. The van der Waals surface area contributed by atoms with Crippen molar-refractivity contribution in [2.24, 2.45) is 0 Å². The van der Waals surface area contributed by atoms with Crippen molar-refractivity contribution in [3.05, 3.63) is 29.6 Å². The van der Waals surface area contributed by atoms with E-state index in [-0.39, 0.29) is 18.9 Å². The van der Waals surface area contributed by atoms with Gasteiger partial charge in [0.15, 0.2) is 0 Å². The van der Waals surface area contributed by atoms with E-state index >= 15 is 0 Å². The number of alkyl halides is 3. The fraction of sp³-hybridized carbons (Fsp3) is 0.500. The van der Waals surface area contributed by atoms with E-state index < -0.39 is 23.7 Å². The summed E-state index contributed by atoms with van der Waals surface area (Å²) >= 11 is 0. The molecule has 0 aliphatic heterocycles. The molecule has 1 atom stereocenters. The Kier molecular flexibility index (Phi) is 5.56. The maximum Gasteiger partial charge on any atom is 0.419 e. The highest BCUT2D eigenvalue weighted by Gasteiger charge is 2.34. The highest BCUT2D eigenvalue weighted by atomic mass is 19.4. The predicted molar refractivity (Wildman–Crippen MR) is 61.4 cm³/mol. The molecule has 3 nitrogen and oxygen atoms in total. The summed E-state index contributed by atoms with van der Waals surface area (Å²) in [7, 11) is 0. The Morgan fingerprint density at radius 2 is 2.05 bits per heavy atom. The quantitative estimate of drug-likeness (QED) is 0.785. The Labute approximate surface area is 108 Å². The van der Waals surface area contributed by atoms with Gasteiger partial charge in [0, 0.05) is 6.54 Å². The molecule has 0 saturated heterocycles. The van der Waals surface area contributed by atoms with Crippen molar-refractivity contribution in [3.63, 3.8) is 0 Å². The molecular weight excluding hydrogens is 266 g/mol. The molecule has 0 radical (unpaired) electrons. The first-order chi connectivity index (χ1) is 8.84. The monoisotopic (exact) mass is 281 g/mol. The van der Waals surface area contributed by atoms with Gasteiger partial charge in [-0.15, -0.1) is 0 Å². The molecule has 0 fully saturated rings. The maximum atomic E-state index is 13.0. The van der Waals surface area contributed by atoms with Crippen LogP contribution in [-0.4, -0.2) is 30.9 Å². The highest BCUT2D eigenvalue weighted by molar-refractivity contribution is 5.31. The van der Waals surface area contributed by atoms with Crippen LogP contribution >= 0.6 is 0 Å². The molecule has 0 aromatic heterocycles. The summed E-state index contributed by atoms with van der Waals surface area (Å²) in [6.07, 6.45) is -5.62. The van der Waals surface area contributed by atoms with Crippen LogP contribution in [-0.2, 0) is 6.18 Å². The first-order valence-electron chi connectivity index (χ1n) is 5.73. The Balaban J connectivity index is 2.65. The van der Waals surface area contributed by atoms with Crippen molar-refractivity contribution in [2.45, 2.75) is 19.2 Å². The van der Waals surface area contributed by atoms with E-state index in [4.69, 9.17) is 4.74 Å². The summed E-state index contributed by atoms with van der Waals surface area (Å²) in [5.41, 5.74) is -1.38. The third kappa shape index (κ3) is 5.04. The maximum absolute atomic E-state index is 13.0. The van der Waals surface area contributed by atoms with E-state index in [0.717, 1.165) is 6.07 Å². The van der Waals surface area contributed by atoms with Crippen LogP contribution in [0.1, 0.15) is 12.5 Å². The molecule has 108 valence electrons. The lowest BCUT2D eigenvalue weighted by molar-refractivity contribution is -0.140. The largest absolute Gasteiger partial charge is 0.491 e. The summed E-state index contributed by atoms with van der Waals surface area (Å²) < 4.78 is 55.3. The van der Waals surface area contributed by atoms with Gasteiger partial charge in [-0.2, -0.15) is 13.2 Å². The standard InChI is InChI=1S/C12H15F4NO2/c1-2-17-6-8(18)7-19-9-3-4-11(13)10(5-9)12(14,15)16/h3-5,8,17-18H,2,6-7H2,1H3. The van der Waals surface area contributed by atoms with Gasteiger partial charge in [0.2, 0.25) is 0 Å². The molecule has 0 bridgehead atoms. The summed E-state index contributed by atoms with van der Waals surface area (Å²) in [6, 6.07) is 2.36. The Hall–Kier alpha value is -1.34. The molecule has 1 aromatic carbocycles. The van der Waals surface area contributed by atoms with Crippen molar-refractivity contribution >= 4 is 0 Å². The van der Waals surface area contributed by atoms with E-state index in [2.05, 4.69) is 5.32 Å². The average molecular weight is 281 g/mol. The van der Waals surface area contributed by atoms with E-state index in [0.29, 0.717) is 18.7 Å². The number of halogens is 4. The fourth-order valence-corrected chi connectivity index (χ4v) is 1.37. The molecule has 1 rings (SSSR count). The fourth-order valence-electron chi connectivity index (χ4n) is 1.37. The van der Waals surface area contributed by atoms with Gasteiger partial charge in [-0.25, -0.2) is 4.39 Å². The summed E-state index contributed by atoms with van der Waals surface area (Å²) in [5, 5.41) is 12.3. The Bertz CT molecular complexity index is 409. The molecule has 0 aliphatic carbocycles. The molecule has 7 heteroatoms. The minimum Gasteiger partial charge on any atom is -0.491 e. The van der Waals surface area contributed by atoms with Gasteiger partial charge in [-0.3, -0.25) is 0 Å². The van der Waals surface area contributed by atoms with Gasteiger partial charge >= 0.3 is 6.18 Å². The summed E-state index contributed by atoms with van der Waals surface area (Å²) in [6.45, 7) is 2.61. The topological polar surface area (TPSA) is 41.5 Å². The summed E-state index contributed by atoms with van der Waals surface area (Å²) in [5.74, 6) is -1.49. The highest BCUT2D eigenvalue weighted by Crippen LogP contribution is 2.33. The smallest absolute Gasteiger partial charge is 0.419 e. The van der Waals surface area contributed by atoms with Crippen LogP contribution in [0.3, 0.4) is 0 Å². The molecule has 0 aliphatic rings. The van der Waals surface area contributed by atoms with Crippen molar-refractivity contribution in [2.75, 3.05) is 19.7 Å². The van der Waals surface area contributed by atoms with Crippen LogP contribution in [0.25, 0.3) is 0 Å². The van der Waals surface area contributed by atoms with Crippen LogP contribution in [0.15, 0.2) is 18.2 Å². The third-order valence-electron chi connectivity index (χ3n) is 2.32. The number of aliphatic hydroxyl groups is 1. The van der Waals surface area contributed by atoms with E-state index in [1.165, 1.54) is 0 Å². The number of benzene rings is 1. The zero-order valence-electron chi connectivity index (χ0n) is 10.3. The van der Waals surface area contributed by atoms with Gasteiger partial charge in [-0.1, -0.05) is 6.92 Å². The number of ether oxygens (including phenoxy) is 1. The van der Waals surface area contributed by atoms with Crippen molar-refractivity contribution in [3.8, 4) is 5.75 Å². The van der Waals surface area contributed by atoms with Gasteiger partial charge < -0.3 is 15.2 Å². The zero-order chi connectivity index (χ0) is 14.5. The molecule has 2 N–H and O–H groups in total. The number of likely N-dealkylation sites (N-methyl/N-ethyl adjacent to an activating group) is 1. The number of aliphatic hydroxyl groups excluding tert-OH is 1. The van der Waals surface area contributed by atoms with E-state index in [1.807, 2.05) is 6.92 Å². The van der Waals surface area contributed by atoms with Gasteiger partial charge in [0.05, 0.1) is 5.56 Å². The van der Waals surface area contributed by atoms with E-state index in [9.17, 15) is 22.7 Å². The lowest BCUT2D eigenvalue weighted by Gasteiger charge is -2.14. The second-order valence-electron chi connectivity index (χ2n) is 3.91. The first-order valence-corrected chi connectivity index (χ1v) is 5.73. The van der Waals surface area contributed by atoms with Crippen LogP contribution in [0, 0.1) is 5.82 Å². The third-order valence-corrected chi connectivity index (χ3v) is 2.32. The van der Waals surface area contributed by atoms with Crippen LogP contribution in [0.4, 0.5) is 17.6 Å². The van der Waals surface area contributed by atoms with Gasteiger partial charge in [-0.05, 0) is 24.7 Å². The SMILES string of the molecule is CCNCC(O)COc1ccc(F)c(C(F)(F)F)c1. The Morgan fingerprint density at radius 3 is 2.63 bits per heavy atom. The van der Waals surface area contributed by atoms with Crippen LogP contribution in [0.2, 0.25) is 0 Å². The molecule has 1 unspecified atom stereocenters. The number of rotatable bonds is 6. The molecular formula is C12H15F4NO2. The predicted octanol–water partition coefficient (Wildman–Crippen LogP) is 2.19. The van der Waals surface area contributed by atoms with Crippen molar-refractivity contribution < 1.29 is 27.4 Å². The van der Waals surface area contributed by atoms with Crippen LogP contribution in [0.5, 0.6) is 5.75 Å². The number of hydrogen-bond donors (Lipinski definition) is 2. The van der Waals surface area contributed by atoms with E-state index in [1.54, 1.807) is 0 Å². The molecule has 1 aromatic rings.